The van der Waals surface area contributed by atoms with Crippen molar-refractivity contribution in [2.75, 3.05) is 11.9 Å². The van der Waals surface area contributed by atoms with Crippen molar-refractivity contribution in [3.63, 3.8) is 0 Å². The second-order valence-electron chi connectivity index (χ2n) is 5.25. The fourth-order valence-corrected chi connectivity index (χ4v) is 2.65. The van der Waals surface area contributed by atoms with Crippen LogP contribution >= 0.6 is 11.6 Å². The third-order valence-electron chi connectivity index (χ3n) is 3.47. The van der Waals surface area contributed by atoms with Crippen molar-refractivity contribution in [1.82, 2.24) is 0 Å². The molecule has 1 aliphatic heterocycles. The Morgan fingerprint density at radius 1 is 1.27 bits per heavy atom. The predicted octanol–water partition coefficient (Wildman–Crippen LogP) is 4.25. The van der Waals surface area contributed by atoms with Gasteiger partial charge < -0.3 is 10.1 Å². The van der Waals surface area contributed by atoms with Crippen LogP contribution in [-0.4, -0.2) is 12.5 Å². The number of ether oxygens (including phenoxy) is 1. The quantitative estimate of drug-likeness (QED) is 0.900. The van der Waals surface area contributed by atoms with Crippen LogP contribution in [0.15, 0.2) is 42.0 Å². The Hall–Kier alpha value is -2.26. The van der Waals surface area contributed by atoms with Crippen molar-refractivity contribution < 1.29 is 9.53 Å². The summed E-state index contributed by atoms with van der Waals surface area (Å²) in [7, 11) is 0. The summed E-state index contributed by atoms with van der Waals surface area (Å²) in [4.78, 5) is 12.3. The van der Waals surface area contributed by atoms with Gasteiger partial charge in [-0.1, -0.05) is 23.7 Å². The van der Waals surface area contributed by atoms with Gasteiger partial charge in [-0.3, -0.25) is 4.79 Å². The lowest BCUT2D eigenvalue weighted by Gasteiger charge is -2.19. The molecule has 1 radical (unpaired) electrons. The van der Waals surface area contributed by atoms with Crippen LogP contribution in [0.2, 0.25) is 5.02 Å². The molecular formula is C18H15ClNO2. The molecule has 1 aliphatic rings. The number of amides is 1. The van der Waals surface area contributed by atoms with E-state index in [0.717, 1.165) is 28.1 Å². The van der Waals surface area contributed by atoms with Crippen LogP contribution in [0, 0.1) is 13.8 Å². The molecule has 22 heavy (non-hydrogen) atoms. The first kappa shape index (κ1) is 14.7. The number of hydrogen-bond donors (Lipinski definition) is 1. The van der Waals surface area contributed by atoms with Gasteiger partial charge in [0.15, 0.2) is 0 Å². The number of hydrogen-bond acceptors (Lipinski definition) is 2. The molecule has 0 atom stereocenters. The van der Waals surface area contributed by atoms with Gasteiger partial charge in [0, 0.05) is 16.3 Å². The molecule has 0 saturated heterocycles. The van der Waals surface area contributed by atoms with Gasteiger partial charge in [-0.05, 0) is 55.3 Å². The number of carbonyl (C=O) groups is 1. The van der Waals surface area contributed by atoms with Crippen LogP contribution in [-0.2, 0) is 4.79 Å². The normalized spacial score (nSPS) is 13.0. The van der Waals surface area contributed by atoms with Crippen molar-refractivity contribution in [3.8, 4) is 5.75 Å². The molecule has 0 spiro atoms. The van der Waals surface area contributed by atoms with Crippen molar-refractivity contribution in [3.05, 3.63) is 70.6 Å². The van der Waals surface area contributed by atoms with Crippen LogP contribution in [0.25, 0.3) is 6.08 Å². The van der Waals surface area contributed by atoms with Crippen molar-refractivity contribution in [1.29, 1.82) is 0 Å². The second-order valence-corrected chi connectivity index (χ2v) is 5.69. The molecule has 3 rings (SSSR count). The number of halogens is 1. The molecule has 0 saturated carbocycles. The SMILES string of the molecule is [CH2]c1ccc(NC(=O)C2=Cc3cc(Cl)cc(C)c3OC2)cc1. The predicted molar refractivity (Wildman–Crippen MR) is 89.2 cm³/mol. The minimum absolute atomic E-state index is 0.180. The fraction of sp³-hybridized carbons (Fsp3) is 0.111. The van der Waals surface area contributed by atoms with Gasteiger partial charge in [0.2, 0.25) is 0 Å². The standard InChI is InChI=1S/C18H15ClNO2/c1-11-3-5-16(6-4-11)20-18(21)14-8-13-9-15(19)7-12(2)17(13)22-10-14/h3-9H,1,10H2,2H3,(H,20,21). The average Bonchev–Trinajstić information content (AvgIpc) is 2.48. The van der Waals surface area contributed by atoms with E-state index >= 15 is 0 Å². The zero-order valence-corrected chi connectivity index (χ0v) is 12.9. The lowest BCUT2D eigenvalue weighted by Crippen LogP contribution is -2.21. The zero-order valence-electron chi connectivity index (χ0n) is 12.2. The Balaban J connectivity index is 1.84. The summed E-state index contributed by atoms with van der Waals surface area (Å²) < 4.78 is 5.70. The summed E-state index contributed by atoms with van der Waals surface area (Å²) in [6.07, 6.45) is 1.82. The van der Waals surface area contributed by atoms with E-state index in [1.54, 1.807) is 6.07 Å². The average molecular weight is 313 g/mol. The number of rotatable bonds is 2. The Bertz CT molecular complexity index is 763. The Kier molecular flexibility index (Phi) is 3.90. The van der Waals surface area contributed by atoms with E-state index in [1.807, 2.05) is 43.3 Å². The summed E-state index contributed by atoms with van der Waals surface area (Å²) in [5.41, 5.74) is 3.98. The molecular weight excluding hydrogens is 298 g/mol. The van der Waals surface area contributed by atoms with E-state index in [2.05, 4.69) is 12.2 Å². The monoisotopic (exact) mass is 312 g/mol. The minimum atomic E-state index is -0.180. The maximum Gasteiger partial charge on any atom is 0.255 e. The first-order valence-electron chi connectivity index (χ1n) is 6.90. The molecule has 1 heterocycles. The van der Waals surface area contributed by atoms with Crippen LogP contribution in [0.5, 0.6) is 5.75 Å². The third kappa shape index (κ3) is 3.00. The van der Waals surface area contributed by atoms with Gasteiger partial charge in [-0.25, -0.2) is 0 Å². The molecule has 0 fully saturated rings. The third-order valence-corrected chi connectivity index (χ3v) is 3.69. The van der Waals surface area contributed by atoms with E-state index in [4.69, 9.17) is 16.3 Å². The van der Waals surface area contributed by atoms with Gasteiger partial charge in [-0.15, -0.1) is 0 Å². The van der Waals surface area contributed by atoms with E-state index < -0.39 is 0 Å². The van der Waals surface area contributed by atoms with Gasteiger partial charge in [0.1, 0.15) is 12.4 Å². The molecule has 0 aliphatic carbocycles. The lowest BCUT2D eigenvalue weighted by molar-refractivity contribution is -0.113. The van der Waals surface area contributed by atoms with E-state index in [9.17, 15) is 4.79 Å². The fourth-order valence-electron chi connectivity index (χ4n) is 2.37. The summed E-state index contributed by atoms with van der Waals surface area (Å²) in [6, 6.07) is 11.0. The minimum Gasteiger partial charge on any atom is -0.488 e. The number of anilines is 1. The summed E-state index contributed by atoms with van der Waals surface area (Å²) in [6.45, 7) is 5.99. The number of benzene rings is 2. The lowest BCUT2D eigenvalue weighted by atomic mass is 10.0. The topological polar surface area (TPSA) is 38.3 Å². The zero-order chi connectivity index (χ0) is 15.7. The highest BCUT2D eigenvalue weighted by molar-refractivity contribution is 6.31. The van der Waals surface area contributed by atoms with Gasteiger partial charge in [0.25, 0.3) is 5.91 Å². The molecule has 1 amide bonds. The molecule has 0 bridgehead atoms. The first-order valence-corrected chi connectivity index (χ1v) is 7.27. The van der Waals surface area contributed by atoms with Crippen molar-refractivity contribution in [2.45, 2.75) is 6.92 Å². The summed E-state index contributed by atoms with van der Waals surface area (Å²) in [5.74, 6) is 0.599. The summed E-state index contributed by atoms with van der Waals surface area (Å²) in [5, 5.41) is 3.48. The Morgan fingerprint density at radius 3 is 2.73 bits per heavy atom. The first-order chi connectivity index (χ1) is 10.5. The van der Waals surface area contributed by atoms with E-state index in [0.29, 0.717) is 10.6 Å². The van der Waals surface area contributed by atoms with Crippen LogP contribution < -0.4 is 10.1 Å². The van der Waals surface area contributed by atoms with Crippen LogP contribution in [0.4, 0.5) is 5.69 Å². The van der Waals surface area contributed by atoms with Gasteiger partial charge in [-0.2, -0.15) is 0 Å². The Labute approximate surface area is 134 Å². The number of carbonyl (C=O) groups excluding carboxylic acids is 1. The molecule has 4 heteroatoms. The molecule has 3 nitrogen and oxygen atoms in total. The number of aryl methyl sites for hydroxylation is 1. The largest absolute Gasteiger partial charge is 0.488 e. The highest BCUT2D eigenvalue weighted by atomic mass is 35.5. The van der Waals surface area contributed by atoms with E-state index in [1.165, 1.54) is 0 Å². The van der Waals surface area contributed by atoms with Crippen molar-refractivity contribution >= 4 is 29.3 Å². The highest BCUT2D eigenvalue weighted by Gasteiger charge is 2.19. The molecule has 1 N–H and O–H groups in total. The molecule has 111 valence electrons. The van der Waals surface area contributed by atoms with Crippen LogP contribution in [0.1, 0.15) is 16.7 Å². The van der Waals surface area contributed by atoms with Crippen molar-refractivity contribution in [2.24, 2.45) is 0 Å². The summed E-state index contributed by atoms with van der Waals surface area (Å²) >= 11 is 6.06. The molecule has 0 unspecified atom stereocenters. The molecule has 0 aromatic heterocycles. The van der Waals surface area contributed by atoms with Gasteiger partial charge in [0.05, 0.1) is 5.57 Å². The number of fused-ring (bicyclic) bond motifs is 1. The molecule has 2 aromatic carbocycles. The van der Waals surface area contributed by atoms with Gasteiger partial charge >= 0.3 is 0 Å². The molecule has 2 aromatic rings. The highest BCUT2D eigenvalue weighted by Crippen LogP contribution is 2.33. The Morgan fingerprint density at radius 2 is 2.00 bits per heavy atom. The van der Waals surface area contributed by atoms with Crippen LogP contribution in [0.3, 0.4) is 0 Å². The smallest absolute Gasteiger partial charge is 0.255 e. The second kappa shape index (κ2) is 5.85. The maximum atomic E-state index is 12.3. The van der Waals surface area contributed by atoms with E-state index in [-0.39, 0.29) is 12.5 Å². The maximum absolute atomic E-state index is 12.3. The number of nitrogens with one attached hydrogen (secondary N) is 1.